The molecule has 0 spiro atoms. The van der Waals surface area contributed by atoms with Gasteiger partial charge in [-0.3, -0.25) is 0 Å². The highest BCUT2D eigenvalue weighted by molar-refractivity contribution is 6.62. The van der Waals surface area contributed by atoms with Crippen LogP contribution in [0.25, 0.3) is 0 Å². The largest absolute Gasteiger partial charge is 0.495 e. The van der Waals surface area contributed by atoms with Crippen molar-refractivity contribution in [2.45, 2.75) is 51.9 Å². The molecule has 20 heavy (non-hydrogen) atoms. The zero-order valence-electron chi connectivity index (χ0n) is 12.8. The number of aliphatic hydroxyl groups is 1. The van der Waals surface area contributed by atoms with Crippen LogP contribution in [-0.4, -0.2) is 41.1 Å². The van der Waals surface area contributed by atoms with Crippen molar-refractivity contribution in [2.75, 3.05) is 11.9 Å². The van der Waals surface area contributed by atoms with E-state index >= 15 is 0 Å². The maximum Gasteiger partial charge on any atom is 0.495 e. The van der Waals surface area contributed by atoms with Gasteiger partial charge in [0.1, 0.15) is 5.82 Å². The fourth-order valence-corrected chi connectivity index (χ4v) is 1.92. The van der Waals surface area contributed by atoms with E-state index in [0.29, 0.717) is 12.4 Å². The first-order valence-electron chi connectivity index (χ1n) is 6.95. The molecule has 5 nitrogen and oxygen atoms in total. The fourth-order valence-electron chi connectivity index (χ4n) is 1.92. The normalized spacial score (nSPS) is 21.8. The van der Waals surface area contributed by atoms with Crippen LogP contribution in [0.3, 0.4) is 0 Å². The minimum absolute atomic E-state index is 0.353. The molecule has 110 valence electrons. The zero-order chi connectivity index (χ0) is 15.0. The number of anilines is 1. The Labute approximate surface area is 120 Å². The molecule has 1 aliphatic rings. The number of nitrogens with zero attached hydrogens (tertiary/aromatic N) is 1. The van der Waals surface area contributed by atoms with Gasteiger partial charge in [-0.05, 0) is 52.2 Å². The van der Waals surface area contributed by atoms with E-state index in [2.05, 4.69) is 10.3 Å². The molecule has 2 rings (SSSR count). The topological polar surface area (TPSA) is 63.6 Å². The Hall–Kier alpha value is -1.11. The Morgan fingerprint density at radius 1 is 1.30 bits per heavy atom. The lowest BCUT2D eigenvalue weighted by Crippen LogP contribution is -2.41. The number of nitrogens with one attached hydrogen (secondary N) is 1. The monoisotopic (exact) mass is 278 g/mol. The minimum atomic E-state index is -0.419. The molecule has 1 unspecified atom stereocenters. The van der Waals surface area contributed by atoms with Crippen molar-refractivity contribution < 1.29 is 14.4 Å². The Morgan fingerprint density at radius 2 is 1.90 bits per heavy atom. The third kappa shape index (κ3) is 3.14. The third-order valence-electron chi connectivity index (χ3n) is 3.89. The van der Waals surface area contributed by atoms with Crippen LogP contribution in [0.4, 0.5) is 5.82 Å². The first-order chi connectivity index (χ1) is 9.21. The Morgan fingerprint density at radius 3 is 2.45 bits per heavy atom. The van der Waals surface area contributed by atoms with Crippen molar-refractivity contribution in [3.8, 4) is 0 Å². The van der Waals surface area contributed by atoms with Crippen molar-refractivity contribution in [3.63, 3.8) is 0 Å². The highest BCUT2D eigenvalue weighted by Crippen LogP contribution is 2.36. The van der Waals surface area contributed by atoms with E-state index in [1.807, 2.05) is 39.8 Å². The average Bonchev–Trinajstić information content (AvgIpc) is 2.56. The third-order valence-corrected chi connectivity index (χ3v) is 3.89. The van der Waals surface area contributed by atoms with E-state index in [0.717, 1.165) is 5.46 Å². The molecule has 1 atom stereocenters. The summed E-state index contributed by atoms with van der Waals surface area (Å²) in [6.45, 7) is 10.3. The maximum atomic E-state index is 9.29. The van der Waals surface area contributed by atoms with E-state index < -0.39 is 13.2 Å². The smallest absolute Gasteiger partial charge is 0.399 e. The van der Waals surface area contributed by atoms with Crippen molar-refractivity contribution >= 4 is 18.4 Å². The second-order valence-electron chi connectivity index (χ2n) is 6.29. The first-order valence-corrected chi connectivity index (χ1v) is 6.95. The van der Waals surface area contributed by atoms with Gasteiger partial charge in [-0.25, -0.2) is 4.98 Å². The van der Waals surface area contributed by atoms with Gasteiger partial charge in [0.25, 0.3) is 0 Å². The summed E-state index contributed by atoms with van der Waals surface area (Å²) < 4.78 is 12.0. The number of aromatic nitrogens is 1. The summed E-state index contributed by atoms with van der Waals surface area (Å²) in [5, 5.41) is 12.4. The van der Waals surface area contributed by atoms with Crippen LogP contribution in [0.1, 0.15) is 34.6 Å². The van der Waals surface area contributed by atoms with Crippen LogP contribution in [0, 0.1) is 0 Å². The number of pyridine rings is 1. The molecule has 2 heterocycles. The lowest BCUT2D eigenvalue weighted by Gasteiger charge is -2.32. The van der Waals surface area contributed by atoms with Gasteiger partial charge in [0.05, 0.1) is 17.3 Å². The number of aliphatic hydroxyl groups excluding tert-OH is 1. The summed E-state index contributed by atoms with van der Waals surface area (Å²) >= 11 is 0. The van der Waals surface area contributed by atoms with Crippen LogP contribution in [0.5, 0.6) is 0 Å². The second kappa shape index (κ2) is 5.35. The first kappa shape index (κ1) is 15.3. The zero-order valence-corrected chi connectivity index (χ0v) is 12.8. The van der Waals surface area contributed by atoms with Crippen LogP contribution in [-0.2, 0) is 9.31 Å². The summed E-state index contributed by atoms with van der Waals surface area (Å²) in [4.78, 5) is 4.22. The highest BCUT2D eigenvalue weighted by Gasteiger charge is 2.51. The van der Waals surface area contributed by atoms with Crippen molar-refractivity contribution in [2.24, 2.45) is 0 Å². The van der Waals surface area contributed by atoms with E-state index in [1.54, 1.807) is 13.1 Å². The van der Waals surface area contributed by atoms with Crippen LogP contribution >= 0.6 is 0 Å². The van der Waals surface area contributed by atoms with Crippen LogP contribution in [0.15, 0.2) is 18.3 Å². The van der Waals surface area contributed by atoms with Gasteiger partial charge < -0.3 is 19.7 Å². The molecule has 1 aromatic heterocycles. The molecular weight excluding hydrogens is 255 g/mol. The van der Waals surface area contributed by atoms with Gasteiger partial charge in [-0.1, -0.05) is 0 Å². The van der Waals surface area contributed by atoms with Gasteiger partial charge >= 0.3 is 7.12 Å². The van der Waals surface area contributed by atoms with E-state index in [-0.39, 0.29) is 11.2 Å². The number of hydrogen-bond acceptors (Lipinski definition) is 5. The fraction of sp³-hybridized carbons (Fsp3) is 0.643. The Bertz CT molecular complexity index is 461. The quantitative estimate of drug-likeness (QED) is 0.810. The molecular formula is C14H23BN2O3. The predicted octanol–water partition coefficient (Wildman–Crippen LogP) is 1.17. The van der Waals surface area contributed by atoms with Crippen molar-refractivity contribution in [3.05, 3.63) is 18.3 Å². The van der Waals surface area contributed by atoms with E-state index in [9.17, 15) is 5.11 Å². The van der Waals surface area contributed by atoms with E-state index in [1.165, 1.54) is 0 Å². The Kier molecular flexibility index (Phi) is 4.09. The Balaban J connectivity index is 2.12. The molecule has 1 saturated heterocycles. The molecule has 2 N–H and O–H groups in total. The van der Waals surface area contributed by atoms with Crippen LogP contribution in [0.2, 0.25) is 0 Å². The average molecular weight is 278 g/mol. The molecule has 0 saturated carbocycles. The molecule has 0 radical (unpaired) electrons. The SMILES string of the molecule is CC(O)CNc1cc(B2OC(C)(C)C(C)(C)O2)ccn1. The summed E-state index contributed by atoms with van der Waals surface area (Å²) in [7, 11) is -0.393. The summed E-state index contributed by atoms with van der Waals surface area (Å²) in [5.74, 6) is 0.707. The molecule has 1 aromatic rings. The standard InChI is InChI=1S/C14H23BN2O3/c1-10(18)9-17-12-8-11(6-7-16-12)15-19-13(2,3)14(4,5)20-15/h6-8,10,18H,9H2,1-5H3,(H,16,17). The van der Waals surface area contributed by atoms with Gasteiger partial charge in [-0.2, -0.15) is 0 Å². The minimum Gasteiger partial charge on any atom is -0.399 e. The second-order valence-corrected chi connectivity index (χ2v) is 6.29. The lowest BCUT2D eigenvalue weighted by molar-refractivity contribution is 0.00578. The molecule has 1 aliphatic heterocycles. The number of rotatable bonds is 4. The predicted molar refractivity (Wildman–Crippen MR) is 80.1 cm³/mol. The molecule has 6 heteroatoms. The number of hydrogen-bond donors (Lipinski definition) is 2. The molecule has 0 aliphatic carbocycles. The molecule has 0 amide bonds. The van der Waals surface area contributed by atoms with Gasteiger partial charge in [-0.15, -0.1) is 0 Å². The lowest BCUT2D eigenvalue weighted by atomic mass is 9.80. The molecule has 1 fully saturated rings. The highest BCUT2D eigenvalue weighted by atomic mass is 16.7. The van der Waals surface area contributed by atoms with Crippen molar-refractivity contribution in [1.82, 2.24) is 4.98 Å². The van der Waals surface area contributed by atoms with Gasteiger partial charge in [0, 0.05) is 12.7 Å². The summed E-state index contributed by atoms with van der Waals surface area (Å²) in [6.07, 6.45) is 1.29. The van der Waals surface area contributed by atoms with E-state index in [4.69, 9.17) is 9.31 Å². The van der Waals surface area contributed by atoms with Gasteiger partial charge in [0.2, 0.25) is 0 Å². The summed E-state index contributed by atoms with van der Waals surface area (Å²) in [5.41, 5.74) is 0.217. The summed E-state index contributed by atoms with van der Waals surface area (Å²) in [6, 6.07) is 3.78. The van der Waals surface area contributed by atoms with Crippen molar-refractivity contribution in [1.29, 1.82) is 0 Å². The van der Waals surface area contributed by atoms with Gasteiger partial charge in [0.15, 0.2) is 0 Å². The maximum absolute atomic E-state index is 9.29. The molecule has 0 bridgehead atoms. The van der Waals surface area contributed by atoms with Crippen LogP contribution < -0.4 is 10.8 Å². The molecule has 0 aromatic carbocycles.